The Bertz CT molecular complexity index is 1030. The van der Waals surface area contributed by atoms with Gasteiger partial charge in [-0.2, -0.15) is 0 Å². The molecule has 0 spiro atoms. The molecule has 3 rings (SSSR count). The Morgan fingerprint density at radius 2 is 1.58 bits per heavy atom. The summed E-state index contributed by atoms with van der Waals surface area (Å²) in [7, 11) is -3.32. The highest BCUT2D eigenvalue weighted by Crippen LogP contribution is 2.22. The highest BCUT2D eigenvalue weighted by molar-refractivity contribution is 7.92. The van der Waals surface area contributed by atoms with Gasteiger partial charge in [-0.15, -0.1) is 0 Å². The van der Waals surface area contributed by atoms with Gasteiger partial charge in [0.15, 0.2) is 9.84 Å². The molecule has 0 radical (unpaired) electrons. The number of hydrogen-bond acceptors (Lipinski definition) is 5. The summed E-state index contributed by atoms with van der Waals surface area (Å²) in [5.74, 6) is -0.209. The number of ketones is 1. The van der Waals surface area contributed by atoms with Crippen LogP contribution in [-0.2, 0) is 9.84 Å². The Labute approximate surface area is 152 Å². The van der Waals surface area contributed by atoms with E-state index in [2.05, 4.69) is 9.97 Å². The SMILES string of the molecule is CC(C)S(=O)(=O)c1ccc(-c2cncc(C(=O)c3ccccc3)n2)cc1. The van der Waals surface area contributed by atoms with Crippen molar-refractivity contribution >= 4 is 15.6 Å². The summed E-state index contributed by atoms with van der Waals surface area (Å²) < 4.78 is 24.4. The minimum Gasteiger partial charge on any atom is -0.287 e. The number of nitrogens with zero attached hydrogens (tertiary/aromatic N) is 2. The van der Waals surface area contributed by atoms with Crippen molar-refractivity contribution in [2.24, 2.45) is 0 Å². The average molecular weight is 366 g/mol. The number of rotatable bonds is 5. The van der Waals surface area contributed by atoms with Crippen molar-refractivity contribution in [1.82, 2.24) is 9.97 Å². The van der Waals surface area contributed by atoms with Crippen LogP contribution < -0.4 is 0 Å². The van der Waals surface area contributed by atoms with E-state index in [0.29, 0.717) is 16.8 Å². The van der Waals surface area contributed by atoms with Crippen LogP contribution in [0.2, 0.25) is 0 Å². The monoisotopic (exact) mass is 366 g/mol. The number of carbonyl (C=O) groups excluding carboxylic acids is 1. The van der Waals surface area contributed by atoms with E-state index in [0.717, 1.165) is 0 Å². The molecule has 1 aromatic heterocycles. The van der Waals surface area contributed by atoms with Gasteiger partial charge in [-0.3, -0.25) is 9.78 Å². The maximum absolute atomic E-state index is 12.5. The van der Waals surface area contributed by atoms with Gasteiger partial charge in [0.25, 0.3) is 0 Å². The zero-order valence-electron chi connectivity index (χ0n) is 14.5. The van der Waals surface area contributed by atoms with Crippen molar-refractivity contribution in [3.8, 4) is 11.3 Å². The number of carbonyl (C=O) groups is 1. The summed E-state index contributed by atoms with van der Waals surface area (Å²) in [5.41, 5.74) is 1.99. The van der Waals surface area contributed by atoms with E-state index >= 15 is 0 Å². The lowest BCUT2D eigenvalue weighted by Crippen LogP contribution is -2.13. The molecular formula is C20H18N2O3S. The first kappa shape index (κ1) is 17.9. The molecule has 0 unspecified atom stereocenters. The van der Waals surface area contributed by atoms with Gasteiger partial charge in [0.2, 0.25) is 5.78 Å². The molecule has 0 aliphatic rings. The van der Waals surface area contributed by atoms with Gasteiger partial charge in [0.05, 0.1) is 28.2 Å². The summed E-state index contributed by atoms with van der Waals surface area (Å²) >= 11 is 0. The van der Waals surface area contributed by atoms with Crippen molar-refractivity contribution in [3.63, 3.8) is 0 Å². The largest absolute Gasteiger partial charge is 0.287 e. The zero-order valence-corrected chi connectivity index (χ0v) is 15.3. The van der Waals surface area contributed by atoms with Crippen molar-refractivity contribution in [2.45, 2.75) is 24.0 Å². The van der Waals surface area contributed by atoms with E-state index < -0.39 is 15.1 Å². The Hall–Kier alpha value is -2.86. The molecule has 6 heteroatoms. The third kappa shape index (κ3) is 3.55. The molecule has 0 N–H and O–H groups in total. The van der Waals surface area contributed by atoms with Crippen LogP contribution in [0.15, 0.2) is 71.9 Å². The maximum atomic E-state index is 12.5. The van der Waals surface area contributed by atoms with Crippen molar-refractivity contribution in [3.05, 3.63) is 78.2 Å². The molecule has 0 saturated carbocycles. The molecule has 132 valence electrons. The zero-order chi connectivity index (χ0) is 18.7. The van der Waals surface area contributed by atoms with E-state index in [1.165, 1.54) is 6.20 Å². The van der Waals surface area contributed by atoms with E-state index in [1.54, 1.807) is 68.6 Å². The molecular weight excluding hydrogens is 348 g/mol. The lowest BCUT2D eigenvalue weighted by Gasteiger charge is -2.09. The number of hydrogen-bond donors (Lipinski definition) is 0. The Kier molecular flexibility index (Phi) is 4.95. The summed E-state index contributed by atoms with van der Waals surface area (Å²) in [4.78, 5) is 21.3. The van der Waals surface area contributed by atoms with Crippen LogP contribution in [0.3, 0.4) is 0 Å². The van der Waals surface area contributed by atoms with Gasteiger partial charge in [0, 0.05) is 11.1 Å². The van der Waals surface area contributed by atoms with E-state index in [9.17, 15) is 13.2 Å². The average Bonchev–Trinajstić information content (AvgIpc) is 2.68. The fraction of sp³-hybridized carbons (Fsp3) is 0.150. The molecule has 0 bridgehead atoms. The lowest BCUT2D eigenvalue weighted by molar-refractivity contribution is 0.103. The molecule has 0 fully saturated rings. The first-order chi connectivity index (χ1) is 12.4. The summed E-state index contributed by atoms with van der Waals surface area (Å²) in [6, 6.07) is 15.3. The normalized spacial score (nSPS) is 11.5. The minimum absolute atomic E-state index is 0.209. The fourth-order valence-electron chi connectivity index (χ4n) is 2.44. The van der Waals surface area contributed by atoms with Gasteiger partial charge in [-0.05, 0) is 26.0 Å². The quantitative estimate of drug-likeness (QED) is 0.645. The molecule has 0 saturated heterocycles. The third-order valence-electron chi connectivity index (χ3n) is 4.00. The van der Waals surface area contributed by atoms with Crippen molar-refractivity contribution in [2.75, 3.05) is 0 Å². The van der Waals surface area contributed by atoms with Crippen LogP contribution >= 0.6 is 0 Å². The summed E-state index contributed by atoms with van der Waals surface area (Å²) in [6.45, 7) is 3.29. The van der Waals surface area contributed by atoms with Gasteiger partial charge < -0.3 is 0 Å². The smallest absolute Gasteiger partial charge is 0.212 e. The fourth-order valence-corrected chi connectivity index (χ4v) is 3.50. The molecule has 0 aliphatic heterocycles. The van der Waals surface area contributed by atoms with Crippen LogP contribution in [0.1, 0.15) is 29.9 Å². The highest BCUT2D eigenvalue weighted by atomic mass is 32.2. The first-order valence-electron chi connectivity index (χ1n) is 8.15. The minimum atomic E-state index is -3.32. The lowest BCUT2D eigenvalue weighted by atomic mass is 10.1. The second-order valence-corrected chi connectivity index (χ2v) is 8.61. The van der Waals surface area contributed by atoms with Gasteiger partial charge in [0.1, 0.15) is 5.69 Å². The van der Waals surface area contributed by atoms with E-state index in [-0.39, 0.29) is 16.4 Å². The highest BCUT2D eigenvalue weighted by Gasteiger charge is 2.19. The van der Waals surface area contributed by atoms with E-state index in [1.807, 2.05) is 6.07 Å². The topological polar surface area (TPSA) is 77.0 Å². The van der Waals surface area contributed by atoms with Crippen LogP contribution in [0.5, 0.6) is 0 Å². The predicted octanol–water partition coefficient (Wildman–Crippen LogP) is 3.56. The van der Waals surface area contributed by atoms with Crippen LogP contribution in [-0.4, -0.2) is 29.4 Å². The standard InChI is InChI=1S/C20H18N2O3S/c1-14(2)26(24,25)17-10-8-15(9-11-17)18-12-21-13-19(22-18)20(23)16-6-4-3-5-7-16/h3-14H,1-2H3. The third-order valence-corrected chi connectivity index (χ3v) is 6.17. The Morgan fingerprint density at radius 3 is 2.19 bits per heavy atom. The second-order valence-electron chi connectivity index (χ2n) is 6.10. The second kappa shape index (κ2) is 7.17. The van der Waals surface area contributed by atoms with Crippen molar-refractivity contribution < 1.29 is 13.2 Å². The predicted molar refractivity (Wildman–Crippen MR) is 99.7 cm³/mol. The Morgan fingerprint density at radius 1 is 0.923 bits per heavy atom. The number of aromatic nitrogens is 2. The van der Waals surface area contributed by atoms with Gasteiger partial charge in [-0.25, -0.2) is 13.4 Å². The molecule has 26 heavy (non-hydrogen) atoms. The van der Waals surface area contributed by atoms with Crippen LogP contribution in [0.4, 0.5) is 0 Å². The van der Waals surface area contributed by atoms with E-state index in [4.69, 9.17) is 0 Å². The van der Waals surface area contributed by atoms with Crippen LogP contribution in [0, 0.1) is 0 Å². The number of benzene rings is 2. The Balaban J connectivity index is 1.93. The maximum Gasteiger partial charge on any atom is 0.212 e. The van der Waals surface area contributed by atoms with Crippen molar-refractivity contribution in [1.29, 1.82) is 0 Å². The molecule has 5 nitrogen and oxygen atoms in total. The molecule has 1 heterocycles. The van der Waals surface area contributed by atoms with Gasteiger partial charge in [-0.1, -0.05) is 42.5 Å². The molecule has 0 atom stereocenters. The first-order valence-corrected chi connectivity index (χ1v) is 9.70. The summed E-state index contributed by atoms with van der Waals surface area (Å²) in [5, 5.41) is -0.486. The molecule has 3 aromatic rings. The number of sulfone groups is 1. The summed E-state index contributed by atoms with van der Waals surface area (Å²) in [6.07, 6.45) is 2.98. The molecule has 2 aromatic carbocycles. The molecule has 0 aliphatic carbocycles. The van der Waals surface area contributed by atoms with Gasteiger partial charge >= 0.3 is 0 Å². The van der Waals surface area contributed by atoms with Crippen LogP contribution in [0.25, 0.3) is 11.3 Å². The molecule has 0 amide bonds.